The number of likely N-dealkylation sites (N-methyl/N-ethyl adjacent to an activating group) is 2. The summed E-state index contributed by atoms with van der Waals surface area (Å²) >= 11 is 0. The maximum atomic E-state index is 14.6. The number of cyclic esters (lactones) is 1. The molecule has 3 aliphatic rings. The van der Waals surface area contributed by atoms with Crippen molar-refractivity contribution >= 4 is 17.6 Å². The Morgan fingerprint density at radius 1 is 0.985 bits per heavy atom. The molecule has 3 saturated heterocycles. The number of nitrogens with zero attached hydrogens (tertiary/aromatic N) is 3. The zero-order valence-electron chi connectivity index (χ0n) is 43.7. The summed E-state index contributed by atoms with van der Waals surface area (Å²) in [6, 6.07) is 5.94. The number of aliphatic hydroxyl groups excluding tert-OH is 3. The third-order valence-corrected chi connectivity index (χ3v) is 15.6. The van der Waals surface area contributed by atoms with E-state index < -0.39 is 120 Å². The molecule has 19 atom stereocenters. The van der Waals surface area contributed by atoms with Gasteiger partial charge in [0.05, 0.1) is 47.6 Å². The number of alkyl halides is 1. The maximum Gasteiger partial charge on any atom is 0.309 e. The Bertz CT molecular complexity index is 1740. The number of ether oxygens (including phenoxy) is 5. The number of esters is 1. The van der Waals surface area contributed by atoms with Crippen molar-refractivity contribution in [1.29, 1.82) is 0 Å². The summed E-state index contributed by atoms with van der Waals surface area (Å²) in [5.41, 5.74) is -2.61. The molecule has 0 bridgehead atoms. The van der Waals surface area contributed by atoms with Crippen LogP contribution in [-0.4, -0.2) is 192 Å². The van der Waals surface area contributed by atoms with E-state index in [0.717, 1.165) is 11.3 Å². The first-order valence-corrected chi connectivity index (χ1v) is 24.8. The van der Waals surface area contributed by atoms with Crippen molar-refractivity contribution in [2.24, 2.45) is 23.7 Å². The summed E-state index contributed by atoms with van der Waals surface area (Å²) in [5.74, 6) is -3.61. The van der Waals surface area contributed by atoms with Crippen LogP contribution in [0, 0.1) is 23.7 Å². The fraction of sp³-hybridized carbons (Fsp3) is 0.843. The lowest BCUT2D eigenvalue weighted by molar-refractivity contribution is -0.302. The Balaban J connectivity index is 1.67. The summed E-state index contributed by atoms with van der Waals surface area (Å²) in [6.07, 6.45) is -7.55. The molecular formula is C51H89FN4O12. The SMILES string of the molecule is CC[C@H]1OC(=O)[C@H](C)C([C@H]2C[C@@](C)(OC)[C@@H](O)[C@H](C)O2)[C@H](C)[C@@H](O[C@@H]2O[C@H](C)C[C@H](N(C)CCC(=O)N[C@H](CF)Cc3ccc(N(C)C)cc3)[C@H]2O)[C@](C)(O)C[C@@H](C)CN(C)[C@H](C)[C@@H](O)[C@]1(C)O. The van der Waals surface area contributed by atoms with E-state index in [1.807, 2.05) is 80.9 Å². The van der Waals surface area contributed by atoms with Crippen molar-refractivity contribution in [3.8, 4) is 0 Å². The van der Waals surface area contributed by atoms with E-state index in [-0.39, 0.29) is 44.1 Å². The minimum absolute atomic E-state index is 0.0474. The Labute approximate surface area is 406 Å². The van der Waals surface area contributed by atoms with Crippen molar-refractivity contribution in [3.63, 3.8) is 0 Å². The van der Waals surface area contributed by atoms with Crippen molar-refractivity contribution in [3.05, 3.63) is 29.8 Å². The molecule has 1 amide bonds. The van der Waals surface area contributed by atoms with Crippen molar-refractivity contribution in [2.45, 2.75) is 198 Å². The minimum Gasteiger partial charge on any atom is -0.459 e. The van der Waals surface area contributed by atoms with Gasteiger partial charge in [0, 0.05) is 70.8 Å². The van der Waals surface area contributed by atoms with Crippen LogP contribution in [0.15, 0.2) is 24.3 Å². The molecule has 3 heterocycles. The molecule has 1 aromatic carbocycles. The van der Waals surface area contributed by atoms with Crippen LogP contribution < -0.4 is 10.2 Å². The normalized spacial score (nSPS) is 41.0. The number of benzene rings is 1. The van der Waals surface area contributed by atoms with Gasteiger partial charge < -0.3 is 69.2 Å². The first-order valence-electron chi connectivity index (χ1n) is 24.8. The standard InChI is InChI=1S/C51H89FN4O12/c1-16-40-51(10,63)44(59)33(6)56(14)28-29(2)25-49(8,62)46(31(4)42(32(5)47(61)67-40)39-26-50(9,64-15)45(60)34(7)66-39)68-48-43(58)38(23-30(3)65-48)55(13)22-21-41(57)53-36(27-52)24-35-17-19-37(20-18-35)54(11)12/h17-20,29-34,36,38-40,42-46,48,58-60,62-63H,16,21-28H2,1-15H3,(H,53,57)/t29-,30-,31+,32-,33-,34+,36+,38+,39-,40-,42?,43-,44-,45+,46-,48+,49-,50-,51-/m1/s1. The topological polar surface area (TPSA) is 203 Å². The Hall–Kier alpha value is -2.55. The van der Waals surface area contributed by atoms with Crippen molar-refractivity contribution < 1.29 is 63.2 Å². The summed E-state index contributed by atoms with van der Waals surface area (Å²) in [5, 5.41) is 62.7. The van der Waals surface area contributed by atoms with Crippen LogP contribution >= 0.6 is 0 Å². The van der Waals surface area contributed by atoms with E-state index in [4.69, 9.17) is 23.7 Å². The molecule has 4 rings (SSSR count). The molecule has 0 radical (unpaired) electrons. The molecular weight excluding hydrogens is 880 g/mol. The maximum absolute atomic E-state index is 14.6. The number of nitrogens with one attached hydrogen (secondary N) is 1. The van der Waals surface area contributed by atoms with Gasteiger partial charge in [-0.05, 0) is 111 Å². The number of rotatable bonds is 14. The lowest BCUT2D eigenvalue weighted by atomic mass is 9.68. The lowest BCUT2D eigenvalue weighted by Gasteiger charge is -2.51. The van der Waals surface area contributed by atoms with E-state index in [0.29, 0.717) is 19.4 Å². The van der Waals surface area contributed by atoms with Gasteiger partial charge in [0.1, 0.15) is 36.7 Å². The van der Waals surface area contributed by atoms with E-state index in [2.05, 4.69) is 5.32 Å². The number of hydrogen-bond donors (Lipinski definition) is 6. The van der Waals surface area contributed by atoms with Gasteiger partial charge >= 0.3 is 5.97 Å². The largest absolute Gasteiger partial charge is 0.459 e. The van der Waals surface area contributed by atoms with E-state index >= 15 is 0 Å². The highest BCUT2D eigenvalue weighted by atomic mass is 19.1. The zero-order valence-corrected chi connectivity index (χ0v) is 43.7. The van der Waals surface area contributed by atoms with Crippen LogP contribution in [0.1, 0.15) is 107 Å². The predicted molar refractivity (Wildman–Crippen MR) is 259 cm³/mol. The molecule has 0 aromatic heterocycles. The summed E-state index contributed by atoms with van der Waals surface area (Å²) in [6.45, 7) is 17.6. The lowest BCUT2D eigenvalue weighted by Crippen LogP contribution is -2.62. The highest BCUT2D eigenvalue weighted by Crippen LogP contribution is 2.45. The number of aliphatic hydroxyl groups is 5. The van der Waals surface area contributed by atoms with Crippen molar-refractivity contribution in [1.82, 2.24) is 15.1 Å². The molecule has 1 unspecified atom stereocenters. The van der Waals surface area contributed by atoms with Gasteiger partial charge in [-0.1, -0.05) is 39.8 Å². The molecule has 1 aromatic rings. The zero-order chi connectivity index (χ0) is 51.2. The van der Waals surface area contributed by atoms with E-state index in [1.165, 1.54) is 14.0 Å². The molecule has 3 aliphatic heterocycles. The van der Waals surface area contributed by atoms with Crippen LogP contribution in [0.4, 0.5) is 10.1 Å². The average molecular weight is 969 g/mol. The Morgan fingerprint density at radius 2 is 1.62 bits per heavy atom. The van der Waals surface area contributed by atoms with E-state index in [1.54, 1.807) is 48.6 Å². The molecule has 0 spiro atoms. The van der Waals surface area contributed by atoms with Crippen molar-refractivity contribution in [2.75, 3.05) is 60.0 Å². The Kier molecular flexibility index (Phi) is 20.7. The second-order valence-electron chi connectivity index (χ2n) is 21.7. The molecule has 16 nitrogen and oxygen atoms in total. The number of methoxy groups -OCH3 is 1. The second-order valence-corrected chi connectivity index (χ2v) is 21.7. The van der Waals surface area contributed by atoms with Crippen LogP contribution in [0.2, 0.25) is 0 Å². The highest BCUT2D eigenvalue weighted by Gasteiger charge is 2.55. The average Bonchev–Trinajstić information content (AvgIpc) is 3.27. The van der Waals surface area contributed by atoms with Gasteiger partial charge in [-0.15, -0.1) is 0 Å². The summed E-state index contributed by atoms with van der Waals surface area (Å²) in [7, 11) is 9.04. The molecule has 3 fully saturated rings. The molecule has 392 valence electrons. The molecule has 68 heavy (non-hydrogen) atoms. The number of amides is 1. The van der Waals surface area contributed by atoms with Gasteiger partial charge in [0.25, 0.3) is 0 Å². The molecule has 17 heteroatoms. The van der Waals surface area contributed by atoms with Crippen LogP contribution in [0.25, 0.3) is 0 Å². The number of carbonyl (C=O) groups excluding carboxylic acids is 2. The van der Waals surface area contributed by atoms with Gasteiger partial charge in [-0.2, -0.15) is 0 Å². The second kappa shape index (κ2) is 24.2. The van der Waals surface area contributed by atoms with Crippen LogP contribution in [0.5, 0.6) is 0 Å². The molecule has 0 aliphatic carbocycles. The third kappa shape index (κ3) is 13.9. The van der Waals surface area contributed by atoms with Crippen LogP contribution in [-0.2, 0) is 39.7 Å². The summed E-state index contributed by atoms with van der Waals surface area (Å²) in [4.78, 5) is 33.6. The smallest absolute Gasteiger partial charge is 0.309 e. The van der Waals surface area contributed by atoms with Gasteiger partial charge in [0.15, 0.2) is 6.29 Å². The highest BCUT2D eigenvalue weighted by molar-refractivity contribution is 5.76. The Morgan fingerprint density at radius 3 is 2.19 bits per heavy atom. The van der Waals surface area contributed by atoms with Gasteiger partial charge in [0.2, 0.25) is 5.91 Å². The van der Waals surface area contributed by atoms with Gasteiger partial charge in [-0.25, -0.2) is 4.39 Å². The minimum atomic E-state index is -1.83. The van der Waals surface area contributed by atoms with Gasteiger partial charge in [-0.3, -0.25) is 9.59 Å². The van der Waals surface area contributed by atoms with Crippen LogP contribution in [0.3, 0.4) is 0 Å². The number of halogens is 1. The monoisotopic (exact) mass is 969 g/mol. The quantitative estimate of drug-likeness (QED) is 0.147. The first-order chi connectivity index (χ1) is 31.6. The fourth-order valence-electron chi connectivity index (χ4n) is 11.3. The molecule has 0 saturated carbocycles. The molecule has 6 N–H and O–H groups in total. The third-order valence-electron chi connectivity index (χ3n) is 15.6. The van der Waals surface area contributed by atoms with E-state index in [9.17, 15) is 39.5 Å². The predicted octanol–water partition coefficient (Wildman–Crippen LogP) is 3.70. The number of carbonyl (C=O) groups is 2. The summed E-state index contributed by atoms with van der Waals surface area (Å²) < 4.78 is 46.2. The first kappa shape index (κ1) is 58.0. The fourth-order valence-corrected chi connectivity index (χ4v) is 11.3. The number of anilines is 1. The number of hydrogen-bond acceptors (Lipinski definition) is 15.